The van der Waals surface area contributed by atoms with E-state index in [1.807, 2.05) is 0 Å². The van der Waals surface area contributed by atoms with Gasteiger partial charge in [0.05, 0.1) is 5.71 Å². The quantitative estimate of drug-likeness (QED) is 0.617. The van der Waals surface area contributed by atoms with Crippen molar-refractivity contribution in [3.8, 4) is 0 Å². The van der Waals surface area contributed by atoms with Gasteiger partial charge in [-0.1, -0.05) is 35.0 Å². The van der Waals surface area contributed by atoms with Crippen LogP contribution in [0.1, 0.15) is 17.5 Å². The molecule has 1 heterocycles. The van der Waals surface area contributed by atoms with Gasteiger partial charge in [0.1, 0.15) is 0 Å². The van der Waals surface area contributed by atoms with Crippen molar-refractivity contribution in [2.45, 2.75) is 13.3 Å². The first-order chi connectivity index (χ1) is 5.86. The molecule has 0 N–H and O–H groups in total. The lowest BCUT2D eigenvalue weighted by Crippen LogP contribution is -1.95. The Labute approximate surface area is 71.8 Å². The van der Waals surface area contributed by atoms with Crippen molar-refractivity contribution in [3.05, 3.63) is 42.0 Å². The molecule has 0 aromatic heterocycles. The fourth-order valence-electron chi connectivity index (χ4n) is 1.17. The van der Waals surface area contributed by atoms with Crippen molar-refractivity contribution >= 4 is 5.71 Å². The van der Waals surface area contributed by atoms with Crippen molar-refractivity contribution in [3.63, 3.8) is 0 Å². The van der Waals surface area contributed by atoms with E-state index in [0.717, 1.165) is 17.7 Å². The van der Waals surface area contributed by atoms with Crippen molar-refractivity contribution in [1.82, 2.24) is 0 Å². The Morgan fingerprint density at radius 1 is 1.25 bits per heavy atom. The van der Waals surface area contributed by atoms with Gasteiger partial charge in [0.2, 0.25) is 0 Å². The summed E-state index contributed by atoms with van der Waals surface area (Å²) in [5, 5.41) is 3.90. The molecule has 1 aliphatic heterocycles. The summed E-state index contributed by atoms with van der Waals surface area (Å²) in [5.74, 6) is 0. The average Bonchev–Trinajstić information content (AvgIpc) is 2.58. The Bertz CT molecular complexity index is 300. The highest BCUT2D eigenvalue weighted by atomic mass is 16.6. The van der Waals surface area contributed by atoms with Gasteiger partial charge in [0.15, 0.2) is 6.61 Å². The van der Waals surface area contributed by atoms with Crippen LogP contribution in [0.5, 0.6) is 0 Å². The van der Waals surface area contributed by atoms with Gasteiger partial charge in [0, 0.05) is 6.42 Å². The molecule has 0 atom stereocenters. The maximum Gasteiger partial charge on any atom is 0.172 e. The third kappa shape index (κ3) is 1.33. The molecule has 0 bridgehead atoms. The van der Waals surface area contributed by atoms with Gasteiger partial charge in [0.25, 0.3) is 0 Å². The van der Waals surface area contributed by atoms with Crippen molar-refractivity contribution in [2.24, 2.45) is 5.16 Å². The molecule has 12 heavy (non-hydrogen) atoms. The molecule has 1 aliphatic rings. The van der Waals surface area contributed by atoms with Gasteiger partial charge < -0.3 is 4.84 Å². The monoisotopic (exact) mass is 160 g/mol. The van der Waals surface area contributed by atoms with Crippen LogP contribution < -0.4 is 0 Å². The van der Waals surface area contributed by atoms with Gasteiger partial charge in [-0.15, -0.1) is 0 Å². The summed E-state index contributed by atoms with van der Waals surface area (Å²) in [5.41, 5.74) is 3.42. The summed E-state index contributed by atoms with van der Waals surface area (Å²) in [6.45, 7) is 3.78. The van der Waals surface area contributed by atoms with Crippen LogP contribution >= 0.6 is 0 Å². The van der Waals surface area contributed by atoms with Gasteiger partial charge >= 0.3 is 0 Å². The fourth-order valence-corrected chi connectivity index (χ4v) is 1.17. The van der Waals surface area contributed by atoms with E-state index >= 15 is 0 Å². The molecular formula is C10H10NO. The standard InChI is InChI=1S/C10H10NO/c1-8-2-4-9(5-3-8)10-6-7-12-11-10/h2-5,7H,6H2,1H3. The summed E-state index contributed by atoms with van der Waals surface area (Å²) < 4.78 is 0. The molecule has 61 valence electrons. The summed E-state index contributed by atoms with van der Waals surface area (Å²) in [6.07, 6.45) is 0.809. The molecule has 1 radical (unpaired) electrons. The number of nitrogens with zero attached hydrogens (tertiary/aromatic N) is 1. The number of oxime groups is 1. The average molecular weight is 160 g/mol. The molecule has 2 rings (SSSR count). The highest BCUT2D eigenvalue weighted by molar-refractivity contribution is 6.01. The van der Waals surface area contributed by atoms with Crippen molar-refractivity contribution in [2.75, 3.05) is 0 Å². The molecule has 0 aliphatic carbocycles. The second-order valence-electron chi connectivity index (χ2n) is 2.88. The zero-order chi connectivity index (χ0) is 8.39. The zero-order valence-corrected chi connectivity index (χ0v) is 6.95. The predicted molar refractivity (Wildman–Crippen MR) is 47.7 cm³/mol. The maximum atomic E-state index is 4.80. The Hall–Kier alpha value is -1.31. The number of aryl methyl sites for hydroxylation is 1. The molecule has 1 aromatic carbocycles. The minimum absolute atomic E-state index is 0.809. The first-order valence-corrected chi connectivity index (χ1v) is 3.98. The van der Waals surface area contributed by atoms with E-state index in [9.17, 15) is 0 Å². The first-order valence-electron chi connectivity index (χ1n) is 3.98. The third-order valence-electron chi connectivity index (χ3n) is 1.90. The molecule has 0 unspecified atom stereocenters. The molecule has 2 heteroatoms. The molecule has 0 amide bonds. The second kappa shape index (κ2) is 2.97. The van der Waals surface area contributed by atoms with E-state index < -0.39 is 0 Å². The Morgan fingerprint density at radius 3 is 2.58 bits per heavy atom. The SMILES string of the molecule is Cc1ccc(C2=NO[CH]C2)cc1. The van der Waals surface area contributed by atoms with Crippen LogP contribution in [0.2, 0.25) is 0 Å². The van der Waals surface area contributed by atoms with E-state index in [1.165, 1.54) is 5.56 Å². The zero-order valence-electron chi connectivity index (χ0n) is 6.95. The van der Waals surface area contributed by atoms with Crippen LogP contribution in [0.25, 0.3) is 0 Å². The van der Waals surface area contributed by atoms with Gasteiger partial charge in [-0.2, -0.15) is 0 Å². The smallest absolute Gasteiger partial charge is 0.172 e. The summed E-state index contributed by atoms with van der Waals surface area (Å²) in [4.78, 5) is 4.80. The molecular weight excluding hydrogens is 150 g/mol. The summed E-state index contributed by atoms with van der Waals surface area (Å²) in [6, 6.07) is 8.29. The highest BCUT2D eigenvalue weighted by Crippen LogP contribution is 2.13. The van der Waals surface area contributed by atoms with E-state index in [2.05, 4.69) is 36.3 Å². The van der Waals surface area contributed by atoms with Crippen LogP contribution in [0.4, 0.5) is 0 Å². The minimum atomic E-state index is 0.809. The summed E-state index contributed by atoms with van der Waals surface area (Å²) in [7, 11) is 0. The Morgan fingerprint density at radius 2 is 2.00 bits per heavy atom. The van der Waals surface area contributed by atoms with Crippen molar-refractivity contribution in [1.29, 1.82) is 0 Å². The molecule has 0 saturated carbocycles. The lowest BCUT2D eigenvalue weighted by Gasteiger charge is -1.97. The Kier molecular flexibility index (Phi) is 1.82. The molecule has 2 nitrogen and oxygen atoms in total. The van der Waals surface area contributed by atoms with E-state index in [0.29, 0.717) is 0 Å². The number of hydrogen-bond acceptors (Lipinski definition) is 2. The lowest BCUT2D eigenvalue weighted by molar-refractivity contribution is 0.234. The van der Waals surface area contributed by atoms with E-state index in [-0.39, 0.29) is 0 Å². The van der Waals surface area contributed by atoms with Crippen molar-refractivity contribution < 1.29 is 4.84 Å². The topological polar surface area (TPSA) is 21.6 Å². The van der Waals surface area contributed by atoms with Crippen LogP contribution in [0, 0.1) is 13.5 Å². The maximum absolute atomic E-state index is 4.80. The van der Waals surface area contributed by atoms with Gasteiger partial charge in [-0.05, 0) is 12.5 Å². The largest absolute Gasteiger partial charge is 0.388 e. The third-order valence-corrected chi connectivity index (χ3v) is 1.90. The van der Waals surface area contributed by atoms with Gasteiger partial charge in [-0.25, -0.2) is 0 Å². The second-order valence-corrected chi connectivity index (χ2v) is 2.88. The number of benzene rings is 1. The number of rotatable bonds is 1. The van der Waals surface area contributed by atoms with Gasteiger partial charge in [-0.3, -0.25) is 0 Å². The fraction of sp³-hybridized carbons (Fsp3) is 0.200. The van der Waals surface area contributed by atoms with Crippen LogP contribution in [0.15, 0.2) is 29.4 Å². The van der Waals surface area contributed by atoms with Crippen LogP contribution in [-0.4, -0.2) is 5.71 Å². The molecule has 1 aromatic rings. The van der Waals surface area contributed by atoms with E-state index in [4.69, 9.17) is 4.84 Å². The first kappa shape index (κ1) is 7.35. The lowest BCUT2D eigenvalue weighted by atomic mass is 10.1. The minimum Gasteiger partial charge on any atom is -0.388 e. The normalized spacial score (nSPS) is 15.6. The van der Waals surface area contributed by atoms with Crippen LogP contribution in [0.3, 0.4) is 0 Å². The molecule has 0 spiro atoms. The molecule has 0 saturated heterocycles. The summed E-state index contributed by atoms with van der Waals surface area (Å²) >= 11 is 0. The predicted octanol–water partition coefficient (Wildman–Crippen LogP) is 2.28. The highest BCUT2D eigenvalue weighted by Gasteiger charge is 2.10. The Balaban J connectivity index is 2.28. The molecule has 0 fully saturated rings. The van der Waals surface area contributed by atoms with E-state index in [1.54, 1.807) is 6.61 Å². The van der Waals surface area contributed by atoms with Crippen LogP contribution in [-0.2, 0) is 4.84 Å². The number of hydrogen-bond donors (Lipinski definition) is 0.